The van der Waals surface area contributed by atoms with Crippen molar-refractivity contribution in [2.24, 2.45) is 10.9 Å². The van der Waals surface area contributed by atoms with Crippen molar-refractivity contribution in [3.05, 3.63) is 75.9 Å². The van der Waals surface area contributed by atoms with Crippen molar-refractivity contribution in [1.82, 2.24) is 20.0 Å². The number of aryl methyl sites for hydroxylation is 1. The van der Waals surface area contributed by atoms with E-state index in [4.69, 9.17) is 14.8 Å². The van der Waals surface area contributed by atoms with Crippen molar-refractivity contribution in [2.75, 3.05) is 26.2 Å². The van der Waals surface area contributed by atoms with Crippen LogP contribution < -0.4 is 10.1 Å². The van der Waals surface area contributed by atoms with Gasteiger partial charge in [0.1, 0.15) is 11.9 Å². The summed E-state index contributed by atoms with van der Waals surface area (Å²) in [5, 5.41) is 17.4. The monoisotopic (exact) mass is 565 g/mol. The molecule has 37 heavy (non-hydrogen) atoms. The van der Waals surface area contributed by atoms with E-state index in [-0.39, 0.29) is 12.8 Å². The molecule has 0 bridgehead atoms. The molecule has 0 saturated carbocycles. The Morgan fingerprint density at radius 1 is 1.22 bits per heavy atom. The third-order valence-electron chi connectivity index (χ3n) is 7.07. The number of nitrogens with zero attached hydrogens (tertiary/aromatic N) is 4. The predicted octanol–water partition coefficient (Wildman–Crippen LogP) is 4.94. The third-order valence-corrected chi connectivity index (χ3v) is 7.63. The lowest BCUT2D eigenvalue weighted by atomic mass is 9.96. The molecule has 2 aromatic carbocycles. The second kappa shape index (κ2) is 11.6. The Morgan fingerprint density at radius 2 is 2.03 bits per heavy atom. The molecule has 0 radical (unpaired) electrons. The highest BCUT2D eigenvalue weighted by molar-refractivity contribution is 9.10. The molecule has 8 nitrogen and oxygen atoms in total. The number of rotatable bonds is 9. The second-order valence-electron chi connectivity index (χ2n) is 9.80. The van der Waals surface area contributed by atoms with E-state index in [2.05, 4.69) is 62.4 Å². The number of ether oxygens (including phenoxy) is 1. The van der Waals surface area contributed by atoms with Crippen LogP contribution in [-0.4, -0.2) is 57.7 Å². The summed E-state index contributed by atoms with van der Waals surface area (Å²) < 4.78 is 8.41. The lowest BCUT2D eigenvalue weighted by molar-refractivity contribution is -0.139. The van der Waals surface area contributed by atoms with Gasteiger partial charge in [0, 0.05) is 31.6 Å². The van der Waals surface area contributed by atoms with Gasteiger partial charge in [0.05, 0.1) is 16.4 Å². The van der Waals surface area contributed by atoms with Crippen molar-refractivity contribution in [3.63, 3.8) is 0 Å². The van der Waals surface area contributed by atoms with Gasteiger partial charge < -0.3 is 9.84 Å². The fraction of sp³-hybridized carbons (Fsp3) is 0.393. The van der Waals surface area contributed by atoms with Crippen molar-refractivity contribution >= 4 is 33.4 Å². The molecule has 5 rings (SSSR count). The first-order valence-electron chi connectivity index (χ1n) is 12.7. The molecular weight excluding hydrogens is 534 g/mol. The summed E-state index contributed by atoms with van der Waals surface area (Å²) >= 11 is 3.62. The van der Waals surface area contributed by atoms with Gasteiger partial charge in [0.25, 0.3) is 0 Å². The molecule has 194 valence electrons. The van der Waals surface area contributed by atoms with Crippen LogP contribution in [0.15, 0.2) is 64.2 Å². The first-order chi connectivity index (χ1) is 18.0. The number of hydrogen-bond acceptors (Lipinski definition) is 6. The summed E-state index contributed by atoms with van der Waals surface area (Å²) in [7, 11) is 0. The highest BCUT2D eigenvalue weighted by Gasteiger charge is 2.28. The number of aliphatic imine (C=N–C) groups is 1. The van der Waals surface area contributed by atoms with Crippen molar-refractivity contribution in [1.29, 1.82) is 0 Å². The predicted molar refractivity (Wildman–Crippen MR) is 147 cm³/mol. The van der Waals surface area contributed by atoms with Gasteiger partial charge in [-0.15, -0.1) is 0 Å². The van der Waals surface area contributed by atoms with E-state index in [1.807, 2.05) is 35.1 Å². The Bertz CT molecular complexity index is 1290. The van der Waals surface area contributed by atoms with Crippen LogP contribution in [0.2, 0.25) is 0 Å². The molecule has 2 atom stereocenters. The molecule has 1 aromatic heterocycles. The Kier molecular flexibility index (Phi) is 8.02. The zero-order valence-electron chi connectivity index (χ0n) is 20.9. The van der Waals surface area contributed by atoms with Gasteiger partial charge in [-0.3, -0.25) is 10.2 Å². The number of benzene rings is 2. The van der Waals surface area contributed by atoms with E-state index in [0.29, 0.717) is 11.7 Å². The van der Waals surface area contributed by atoms with Crippen LogP contribution in [0, 0.1) is 12.8 Å². The lowest BCUT2D eigenvalue weighted by Gasteiger charge is -2.34. The summed E-state index contributed by atoms with van der Waals surface area (Å²) in [6, 6.07) is 16.1. The number of hydrogen-bond donors (Lipinski definition) is 2. The topological polar surface area (TPSA) is 92.0 Å². The number of carbonyl (C=O) groups is 1. The Hall–Kier alpha value is -3.01. The summed E-state index contributed by atoms with van der Waals surface area (Å²) in [6.45, 7) is 5.42. The molecule has 2 N–H and O–H groups in total. The van der Waals surface area contributed by atoms with Crippen molar-refractivity contribution < 1.29 is 14.6 Å². The maximum Gasteiger partial charge on any atom is 0.341 e. The first kappa shape index (κ1) is 25.6. The van der Waals surface area contributed by atoms with Gasteiger partial charge in [-0.1, -0.05) is 42.5 Å². The minimum absolute atomic E-state index is 0.0360. The van der Waals surface area contributed by atoms with Gasteiger partial charge in [0.2, 0.25) is 0 Å². The van der Waals surface area contributed by atoms with Gasteiger partial charge >= 0.3 is 5.97 Å². The molecule has 0 amide bonds. The molecule has 0 aliphatic carbocycles. The smallest absolute Gasteiger partial charge is 0.341 e. The van der Waals surface area contributed by atoms with Crippen LogP contribution in [0.3, 0.4) is 0 Å². The minimum atomic E-state index is -0.968. The number of carboxylic acid groups (broad SMARTS) is 1. The summed E-state index contributed by atoms with van der Waals surface area (Å²) in [4.78, 5) is 18.3. The summed E-state index contributed by atoms with van der Waals surface area (Å²) in [6.07, 6.45) is 4.93. The number of nitrogens with one attached hydrogen (secondary N) is 1. The minimum Gasteiger partial charge on any atom is -0.482 e. The zero-order chi connectivity index (χ0) is 25.8. The van der Waals surface area contributed by atoms with E-state index in [1.165, 1.54) is 17.5 Å². The number of para-hydroxylation sites is 1. The Labute approximate surface area is 225 Å². The normalized spacial score (nSPS) is 19.8. The SMILES string of the molecule is Cc1ccccc1C1=Nc2c(Br)cnn2C(NCC2CCCN(Cc3ccccc3OCC(=O)O)C2)C1. The number of halogens is 1. The Morgan fingerprint density at radius 3 is 2.86 bits per heavy atom. The van der Waals surface area contributed by atoms with Crippen molar-refractivity contribution in [3.8, 4) is 5.75 Å². The van der Waals surface area contributed by atoms with E-state index in [9.17, 15) is 4.79 Å². The van der Waals surface area contributed by atoms with E-state index >= 15 is 0 Å². The van der Waals surface area contributed by atoms with Crippen LogP contribution in [0.1, 0.15) is 42.1 Å². The van der Waals surface area contributed by atoms with E-state index in [0.717, 1.165) is 60.6 Å². The summed E-state index contributed by atoms with van der Waals surface area (Å²) in [5.74, 6) is 1.03. The first-order valence-corrected chi connectivity index (χ1v) is 13.5. The molecule has 3 aromatic rings. The molecule has 2 unspecified atom stereocenters. The molecule has 1 fully saturated rings. The van der Waals surface area contributed by atoms with Crippen molar-refractivity contribution in [2.45, 2.75) is 38.9 Å². The highest BCUT2D eigenvalue weighted by atomic mass is 79.9. The fourth-order valence-corrected chi connectivity index (χ4v) is 5.62. The quantitative estimate of drug-likeness (QED) is 0.381. The molecular formula is C28H32BrN5O3. The number of aliphatic carboxylic acids is 1. The number of carboxylic acids is 1. The van der Waals surface area contributed by atoms with Crippen LogP contribution in [0.4, 0.5) is 5.82 Å². The lowest BCUT2D eigenvalue weighted by Crippen LogP contribution is -2.42. The van der Waals surface area contributed by atoms with E-state index < -0.39 is 5.97 Å². The zero-order valence-corrected chi connectivity index (χ0v) is 22.5. The molecule has 2 aliphatic rings. The molecule has 1 saturated heterocycles. The average molecular weight is 567 g/mol. The van der Waals surface area contributed by atoms with Gasteiger partial charge in [0.15, 0.2) is 12.4 Å². The number of likely N-dealkylation sites (tertiary alicyclic amines) is 1. The molecule has 2 aliphatic heterocycles. The maximum absolute atomic E-state index is 11.0. The van der Waals surface area contributed by atoms with Gasteiger partial charge in [-0.25, -0.2) is 14.5 Å². The standard InChI is InChI=1S/C28H32BrN5O3/c1-19-7-2-4-10-22(19)24-13-26(34-28(32-24)23(29)15-31-34)30-14-20-8-6-12-33(16-20)17-21-9-3-5-11-25(21)37-18-27(35)36/h2-5,7,9-11,15,20,26,30H,6,8,12-14,16-18H2,1H3,(H,35,36). The van der Waals surface area contributed by atoms with Gasteiger partial charge in [-0.2, -0.15) is 5.10 Å². The highest BCUT2D eigenvalue weighted by Crippen LogP contribution is 2.34. The van der Waals surface area contributed by atoms with Gasteiger partial charge in [-0.05, 0) is 65.4 Å². The molecule has 0 spiro atoms. The van der Waals surface area contributed by atoms with E-state index in [1.54, 1.807) is 0 Å². The second-order valence-corrected chi connectivity index (χ2v) is 10.7. The molecule has 3 heterocycles. The fourth-order valence-electron chi connectivity index (χ4n) is 5.26. The number of aromatic nitrogens is 2. The molecule has 9 heteroatoms. The van der Waals surface area contributed by atoms with Crippen LogP contribution >= 0.6 is 15.9 Å². The summed E-state index contributed by atoms with van der Waals surface area (Å²) in [5.41, 5.74) is 4.50. The largest absolute Gasteiger partial charge is 0.482 e. The van der Waals surface area contributed by atoms with Crippen LogP contribution in [-0.2, 0) is 11.3 Å². The number of fused-ring (bicyclic) bond motifs is 1. The maximum atomic E-state index is 11.0. The average Bonchev–Trinajstić information content (AvgIpc) is 3.28. The number of piperidine rings is 1. The Balaban J connectivity index is 1.23. The third kappa shape index (κ3) is 6.11. The van der Waals surface area contributed by atoms with Crippen LogP contribution in [0.5, 0.6) is 5.75 Å². The van der Waals surface area contributed by atoms with Crippen LogP contribution in [0.25, 0.3) is 0 Å².